The molecule has 2 aromatic rings. The molecular weight excluding hydrogens is 364 g/mol. The summed E-state index contributed by atoms with van der Waals surface area (Å²) >= 11 is 0. The maximum atomic E-state index is 5.99. The van der Waals surface area contributed by atoms with Gasteiger partial charge in [0.1, 0.15) is 11.9 Å². The van der Waals surface area contributed by atoms with E-state index in [2.05, 4.69) is 56.9 Å². The molecule has 2 aromatic carbocycles. The Labute approximate surface area is 172 Å². The van der Waals surface area contributed by atoms with E-state index in [-0.39, 0.29) is 6.10 Å². The normalized spacial score (nSPS) is 19.5. The molecule has 0 radical (unpaired) electrons. The number of aliphatic imine (C=N–C) groups is 1. The average Bonchev–Trinajstić information content (AvgIpc) is 3.18. The highest BCUT2D eigenvalue weighted by Crippen LogP contribution is 2.27. The van der Waals surface area contributed by atoms with E-state index < -0.39 is 0 Å². The molecule has 2 aliphatic rings. The van der Waals surface area contributed by atoms with Crippen LogP contribution < -0.4 is 15.4 Å². The molecule has 0 aliphatic carbocycles. The Hall–Kier alpha value is -2.57. The van der Waals surface area contributed by atoms with Crippen LogP contribution in [0.3, 0.4) is 0 Å². The van der Waals surface area contributed by atoms with Gasteiger partial charge >= 0.3 is 0 Å². The van der Waals surface area contributed by atoms with E-state index >= 15 is 0 Å². The maximum absolute atomic E-state index is 5.99. The van der Waals surface area contributed by atoms with Crippen molar-refractivity contribution in [2.45, 2.75) is 25.6 Å². The summed E-state index contributed by atoms with van der Waals surface area (Å²) in [5.74, 6) is 1.79. The van der Waals surface area contributed by atoms with Gasteiger partial charge in [-0.3, -0.25) is 9.89 Å². The summed E-state index contributed by atoms with van der Waals surface area (Å²) in [7, 11) is 1.80. The van der Waals surface area contributed by atoms with Gasteiger partial charge in [-0.2, -0.15) is 0 Å². The lowest BCUT2D eigenvalue weighted by Crippen LogP contribution is -2.42. The van der Waals surface area contributed by atoms with E-state index in [0.29, 0.717) is 0 Å². The number of para-hydroxylation sites is 1. The smallest absolute Gasteiger partial charge is 0.191 e. The first-order chi connectivity index (χ1) is 14.3. The highest BCUT2D eigenvalue weighted by atomic mass is 16.5. The van der Waals surface area contributed by atoms with Crippen molar-refractivity contribution < 1.29 is 9.47 Å². The van der Waals surface area contributed by atoms with Crippen molar-refractivity contribution in [3.8, 4) is 5.75 Å². The number of hydrogen-bond acceptors (Lipinski definition) is 4. The highest BCUT2D eigenvalue weighted by molar-refractivity contribution is 5.79. The van der Waals surface area contributed by atoms with Gasteiger partial charge in [-0.1, -0.05) is 42.5 Å². The fourth-order valence-corrected chi connectivity index (χ4v) is 3.84. The van der Waals surface area contributed by atoms with Crippen LogP contribution in [0, 0.1) is 0 Å². The van der Waals surface area contributed by atoms with Crippen LogP contribution >= 0.6 is 0 Å². The number of ether oxygens (including phenoxy) is 2. The minimum absolute atomic E-state index is 0.141. The fourth-order valence-electron chi connectivity index (χ4n) is 3.84. The predicted molar refractivity (Wildman–Crippen MR) is 115 cm³/mol. The monoisotopic (exact) mass is 394 g/mol. The van der Waals surface area contributed by atoms with Crippen LogP contribution in [0.2, 0.25) is 0 Å². The Bertz CT molecular complexity index is 808. The van der Waals surface area contributed by atoms with Crippen molar-refractivity contribution in [2.24, 2.45) is 4.99 Å². The number of morpholine rings is 1. The minimum atomic E-state index is 0.141. The Balaban J connectivity index is 1.24. The summed E-state index contributed by atoms with van der Waals surface area (Å²) in [6.45, 7) is 6.12. The Morgan fingerprint density at radius 2 is 1.90 bits per heavy atom. The van der Waals surface area contributed by atoms with Crippen molar-refractivity contribution in [1.82, 2.24) is 15.5 Å². The zero-order valence-corrected chi connectivity index (χ0v) is 17.1. The Morgan fingerprint density at radius 1 is 1.07 bits per heavy atom. The first kappa shape index (κ1) is 19.7. The van der Waals surface area contributed by atoms with E-state index in [1.54, 1.807) is 7.05 Å². The van der Waals surface area contributed by atoms with Crippen LogP contribution in [0.4, 0.5) is 0 Å². The standard InChI is InChI=1S/C23H30N4O2/c1-24-23(26-16-21-14-20-7-2-3-8-22(20)29-21)25-15-18-5-4-6-19(13-18)17-27-9-11-28-12-10-27/h2-8,13,21H,9-12,14-17H2,1H3,(H2,24,25,26). The number of guanidine groups is 1. The molecule has 154 valence electrons. The van der Waals surface area contributed by atoms with Gasteiger partial charge in [-0.15, -0.1) is 0 Å². The van der Waals surface area contributed by atoms with Crippen LogP contribution in [0.15, 0.2) is 53.5 Å². The van der Waals surface area contributed by atoms with Gasteiger partial charge in [0.2, 0.25) is 0 Å². The van der Waals surface area contributed by atoms with E-state index in [0.717, 1.165) is 64.1 Å². The van der Waals surface area contributed by atoms with Crippen molar-refractivity contribution in [1.29, 1.82) is 0 Å². The maximum Gasteiger partial charge on any atom is 0.191 e. The molecule has 0 bridgehead atoms. The Kier molecular flexibility index (Phi) is 6.64. The van der Waals surface area contributed by atoms with Gasteiger partial charge in [-0.05, 0) is 22.8 Å². The van der Waals surface area contributed by atoms with Gasteiger partial charge in [0.05, 0.1) is 19.8 Å². The third-order valence-electron chi connectivity index (χ3n) is 5.40. The molecule has 29 heavy (non-hydrogen) atoms. The predicted octanol–water partition coefficient (Wildman–Crippen LogP) is 2.19. The molecular formula is C23H30N4O2. The molecule has 1 fully saturated rings. The second-order valence-corrected chi connectivity index (χ2v) is 7.57. The zero-order chi connectivity index (χ0) is 19.9. The van der Waals surface area contributed by atoms with Gasteiger partial charge in [0.25, 0.3) is 0 Å². The quantitative estimate of drug-likeness (QED) is 0.581. The molecule has 1 atom stereocenters. The third kappa shape index (κ3) is 5.49. The lowest BCUT2D eigenvalue weighted by atomic mass is 10.1. The molecule has 1 saturated heterocycles. The molecule has 6 nitrogen and oxygen atoms in total. The molecule has 2 aliphatic heterocycles. The molecule has 0 spiro atoms. The van der Waals surface area contributed by atoms with E-state index in [1.807, 2.05) is 12.1 Å². The SMILES string of the molecule is CN=C(NCc1cccc(CN2CCOCC2)c1)NCC1Cc2ccccc2O1. The summed E-state index contributed by atoms with van der Waals surface area (Å²) < 4.78 is 11.4. The minimum Gasteiger partial charge on any atom is -0.488 e. The molecule has 0 aromatic heterocycles. The topological polar surface area (TPSA) is 58.1 Å². The highest BCUT2D eigenvalue weighted by Gasteiger charge is 2.22. The second kappa shape index (κ2) is 9.76. The number of rotatable bonds is 6. The summed E-state index contributed by atoms with van der Waals surface area (Å²) in [4.78, 5) is 6.79. The number of hydrogen-bond donors (Lipinski definition) is 2. The first-order valence-corrected chi connectivity index (χ1v) is 10.4. The molecule has 2 N–H and O–H groups in total. The van der Waals surface area contributed by atoms with Crippen LogP contribution in [0.25, 0.3) is 0 Å². The van der Waals surface area contributed by atoms with Crippen LogP contribution in [-0.2, 0) is 24.2 Å². The Morgan fingerprint density at radius 3 is 2.72 bits per heavy atom. The fraction of sp³-hybridized carbons (Fsp3) is 0.435. The number of nitrogens with zero attached hydrogens (tertiary/aromatic N) is 2. The average molecular weight is 395 g/mol. The third-order valence-corrected chi connectivity index (χ3v) is 5.40. The lowest BCUT2D eigenvalue weighted by Gasteiger charge is -2.26. The number of nitrogens with one attached hydrogen (secondary N) is 2. The van der Waals surface area contributed by atoms with Crippen molar-refractivity contribution in [2.75, 3.05) is 39.9 Å². The molecule has 1 unspecified atom stereocenters. The summed E-state index contributed by atoms with van der Waals surface area (Å²) in [6, 6.07) is 17.0. The number of benzene rings is 2. The van der Waals surface area contributed by atoms with E-state index in [1.165, 1.54) is 16.7 Å². The van der Waals surface area contributed by atoms with Gasteiger partial charge in [0.15, 0.2) is 5.96 Å². The van der Waals surface area contributed by atoms with E-state index in [9.17, 15) is 0 Å². The zero-order valence-electron chi connectivity index (χ0n) is 17.1. The van der Waals surface area contributed by atoms with E-state index in [4.69, 9.17) is 9.47 Å². The van der Waals surface area contributed by atoms with Gasteiger partial charge < -0.3 is 20.1 Å². The summed E-state index contributed by atoms with van der Waals surface area (Å²) in [6.07, 6.45) is 1.08. The summed E-state index contributed by atoms with van der Waals surface area (Å²) in [5.41, 5.74) is 3.87. The second-order valence-electron chi connectivity index (χ2n) is 7.57. The van der Waals surface area contributed by atoms with Crippen molar-refractivity contribution in [3.63, 3.8) is 0 Å². The molecule has 2 heterocycles. The number of fused-ring (bicyclic) bond motifs is 1. The van der Waals surface area contributed by atoms with Crippen molar-refractivity contribution >= 4 is 5.96 Å². The largest absolute Gasteiger partial charge is 0.488 e. The van der Waals surface area contributed by atoms with Crippen LogP contribution in [-0.4, -0.2) is 56.9 Å². The van der Waals surface area contributed by atoms with Gasteiger partial charge in [-0.25, -0.2) is 0 Å². The molecule has 0 saturated carbocycles. The summed E-state index contributed by atoms with van der Waals surface area (Å²) in [5, 5.41) is 6.80. The van der Waals surface area contributed by atoms with Crippen molar-refractivity contribution in [3.05, 3.63) is 65.2 Å². The molecule has 6 heteroatoms. The molecule has 0 amide bonds. The van der Waals surface area contributed by atoms with Gasteiger partial charge in [0, 0.05) is 39.6 Å². The first-order valence-electron chi connectivity index (χ1n) is 10.4. The molecule has 4 rings (SSSR count). The van der Waals surface area contributed by atoms with Crippen LogP contribution in [0.5, 0.6) is 5.75 Å². The van der Waals surface area contributed by atoms with Crippen LogP contribution in [0.1, 0.15) is 16.7 Å². The lowest BCUT2D eigenvalue weighted by molar-refractivity contribution is 0.0342.